The molecule has 132 valence electrons. The van der Waals surface area contributed by atoms with Gasteiger partial charge < -0.3 is 0 Å². The van der Waals surface area contributed by atoms with Gasteiger partial charge in [-0.3, -0.25) is 0 Å². The Morgan fingerprint density at radius 2 is 1.28 bits per heavy atom. The zero-order chi connectivity index (χ0) is 18.4. The van der Waals surface area contributed by atoms with Crippen molar-refractivity contribution in [1.29, 1.82) is 0 Å². The standard InChI is InChI=1S/C24H31P/c1-17(2)16-25-24-22(18(3)4)14-21(15-23(24)19(5)6)13-12-20-10-8-7-9-11-20/h7-11,14-15,17-19,25H,16H2,1-6H3. The van der Waals surface area contributed by atoms with E-state index in [1.54, 1.807) is 5.30 Å². The van der Waals surface area contributed by atoms with Crippen LogP contribution in [0.1, 0.15) is 75.6 Å². The Hall–Kier alpha value is -1.57. The monoisotopic (exact) mass is 350 g/mol. The first kappa shape index (κ1) is 19.8. The molecule has 1 heteroatoms. The maximum absolute atomic E-state index is 3.40. The molecule has 0 radical (unpaired) electrons. The van der Waals surface area contributed by atoms with Gasteiger partial charge in [-0.1, -0.05) is 80.2 Å². The van der Waals surface area contributed by atoms with E-state index in [9.17, 15) is 0 Å². The fraction of sp³-hybridized carbons (Fsp3) is 0.417. The molecule has 2 rings (SSSR count). The second-order valence-electron chi connectivity index (χ2n) is 7.73. The van der Waals surface area contributed by atoms with Crippen LogP contribution in [-0.2, 0) is 0 Å². The average molecular weight is 350 g/mol. The van der Waals surface area contributed by atoms with Gasteiger partial charge in [0.05, 0.1) is 0 Å². The molecule has 0 aliphatic rings. The predicted octanol–water partition coefficient (Wildman–Crippen LogP) is 6.29. The fourth-order valence-electron chi connectivity index (χ4n) is 2.85. The molecule has 0 spiro atoms. The summed E-state index contributed by atoms with van der Waals surface area (Å²) in [5.74, 6) is 8.52. The molecular formula is C24H31P. The van der Waals surface area contributed by atoms with E-state index >= 15 is 0 Å². The van der Waals surface area contributed by atoms with Crippen molar-refractivity contribution in [3.05, 3.63) is 64.7 Å². The topological polar surface area (TPSA) is 0 Å². The van der Waals surface area contributed by atoms with E-state index in [1.807, 2.05) is 18.2 Å². The molecule has 1 atom stereocenters. The van der Waals surface area contributed by atoms with Crippen LogP contribution in [-0.4, -0.2) is 6.16 Å². The van der Waals surface area contributed by atoms with Crippen molar-refractivity contribution in [1.82, 2.24) is 0 Å². The first-order valence-electron chi connectivity index (χ1n) is 9.37. The van der Waals surface area contributed by atoms with Crippen LogP contribution >= 0.6 is 8.58 Å². The average Bonchev–Trinajstić information content (AvgIpc) is 2.58. The Kier molecular flexibility index (Phi) is 7.28. The lowest BCUT2D eigenvalue weighted by molar-refractivity contribution is 0.748. The molecule has 0 N–H and O–H groups in total. The summed E-state index contributed by atoms with van der Waals surface area (Å²) in [7, 11) is 0.891. The van der Waals surface area contributed by atoms with E-state index in [1.165, 1.54) is 17.3 Å². The molecule has 0 saturated carbocycles. The van der Waals surface area contributed by atoms with E-state index in [4.69, 9.17) is 0 Å². The van der Waals surface area contributed by atoms with E-state index in [0.29, 0.717) is 11.8 Å². The van der Waals surface area contributed by atoms with Gasteiger partial charge in [-0.25, -0.2) is 0 Å². The number of rotatable bonds is 5. The predicted molar refractivity (Wildman–Crippen MR) is 115 cm³/mol. The molecule has 0 heterocycles. The van der Waals surface area contributed by atoms with Gasteiger partial charge in [-0.05, 0) is 64.6 Å². The summed E-state index contributed by atoms with van der Waals surface area (Å²) in [5, 5.41) is 1.59. The molecule has 25 heavy (non-hydrogen) atoms. The van der Waals surface area contributed by atoms with Crippen LogP contribution in [0.3, 0.4) is 0 Å². The first-order chi connectivity index (χ1) is 11.9. The molecule has 1 unspecified atom stereocenters. The third kappa shape index (κ3) is 5.73. The maximum atomic E-state index is 3.40. The second kappa shape index (κ2) is 9.22. The Balaban J connectivity index is 2.48. The summed E-state index contributed by atoms with van der Waals surface area (Å²) >= 11 is 0. The van der Waals surface area contributed by atoms with Crippen molar-refractivity contribution in [3.8, 4) is 11.8 Å². The van der Waals surface area contributed by atoms with E-state index in [-0.39, 0.29) is 0 Å². The minimum atomic E-state index is 0.533. The zero-order valence-corrected chi connectivity index (χ0v) is 17.5. The Labute approximate surface area is 156 Å². The SMILES string of the molecule is CC(C)CPc1c(C(C)C)cc(C#Cc2ccccc2)cc1C(C)C. The van der Waals surface area contributed by atoms with Crippen LogP contribution < -0.4 is 5.30 Å². The maximum Gasteiger partial charge on any atom is 0.0255 e. The van der Waals surface area contributed by atoms with E-state index < -0.39 is 0 Å². The smallest absolute Gasteiger partial charge is 0.0255 e. The summed E-state index contributed by atoms with van der Waals surface area (Å²) in [4.78, 5) is 0. The van der Waals surface area contributed by atoms with Gasteiger partial charge in [0, 0.05) is 11.1 Å². The van der Waals surface area contributed by atoms with Crippen molar-refractivity contribution in [2.75, 3.05) is 6.16 Å². The van der Waals surface area contributed by atoms with E-state index in [2.05, 4.69) is 77.6 Å². The Morgan fingerprint density at radius 1 is 0.760 bits per heavy atom. The molecular weight excluding hydrogens is 319 g/mol. The highest BCUT2D eigenvalue weighted by Crippen LogP contribution is 2.29. The highest BCUT2D eigenvalue weighted by Gasteiger charge is 2.15. The summed E-state index contributed by atoms with van der Waals surface area (Å²) in [5.41, 5.74) is 5.20. The first-order valence-corrected chi connectivity index (χ1v) is 10.6. The van der Waals surface area contributed by atoms with Crippen molar-refractivity contribution in [2.24, 2.45) is 5.92 Å². The minimum absolute atomic E-state index is 0.533. The van der Waals surface area contributed by atoms with Crippen LogP contribution in [0.2, 0.25) is 0 Å². The largest absolute Gasteiger partial charge is 0.0895 e. The summed E-state index contributed by atoms with van der Waals surface area (Å²) in [6.07, 6.45) is 1.27. The highest BCUT2D eigenvalue weighted by molar-refractivity contribution is 7.47. The lowest BCUT2D eigenvalue weighted by Crippen LogP contribution is -2.16. The normalized spacial score (nSPS) is 11.6. The van der Waals surface area contributed by atoms with Crippen LogP contribution in [0.25, 0.3) is 0 Å². The van der Waals surface area contributed by atoms with Crippen LogP contribution in [0.5, 0.6) is 0 Å². The number of hydrogen-bond acceptors (Lipinski definition) is 0. The van der Waals surface area contributed by atoms with Crippen molar-refractivity contribution >= 4 is 13.9 Å². The summed E-state index contributed by atoms with van der Waals surface area (Å²) in [6.45, 7) is 13.8. The molecule has 0 aliphatic heterocycles. The molecule has 2 aromatic carbocycles. The second-order valence-corrected chi connectivity index (χ2v) is 8.99. The molecule has 0 aromatic heterocycles. The van der Waals surface area contributed by atoms with Gasteiger partial charge in [0.15, 0.2) is 0 Å². The molecule has 0 saturated heterocycles. The zero-order valence-electron chi connectivity index (χ0n) is 16.5. The van der Waals surface area contributed by atoms with Gasteiger partial charge in [-0.15, -0.1) is 0 Å². The minimum Gasteiger partial charge on any atom is -0.0895 e. The fourth-order valence-corrected chi connectivity index (χ4v) is 4.59. The van der Waals surface area contributed by atoms with Gasteiger partial charge in [-0.2, -0.15) is 0 Å². The van der Waals surface area contributed by atoms with Crippen LogP contribution in [0, 0.1) is 17.8 Å². The Bertz CT molecular complexity index is 714. The lowest BCUT2D eigenvalue weighted by atomic mass is 9.93. The van der Waals surface area contributed by atoms with Crippen molar-refractivity contribution in [2.45, 2.75) is 53.4 Å². The quantitative estimate of drug-likeness (QED) is 0.439. The summed E-state index contributed by atoms with van der Waals surface area (Å²) < 4.78 is 0. The summed E-state index contributed by atoms with van der Waals surface area (Å²) in [6, 6.07) is 14.9. The molecule has 0 amide bonds. The molecule has 0 aliphatic carbocycles. The number of benzene rings is 2. The Morgan fingerprint density at radius 3 is 1.76 bits per heavy atom. The van der Waals surface area contributed by atoms with Crippen LogP contribution in [0.15, 0.2) is 42.5 Å². The molecule has 0 fully saturated rings. The third-order valence-corrected chi connectivity index (χ3v) is 6.21. The van der Waals surface area contributed by atoms with Gasteiger partial charge in [0.2, 0.25) is 0 Å². The van der Waals surface area contributed by atoms with Gasteiger partial charge in [0.1, 0.15) is 0 Å². The van der Waals surface area contributed by atoms with Crippen molar-refractivity contribution in [3.63, 3.8) is 0 Å². The van der Waals surface area contributed by atoms with Gasteiger partial charge >= 0.3 is 0 Å². The molecule has 0 bridgehead atoms. The highest BCUT2D eigenvalue weighted by atomic mass is 31.1. The van der Waals surface area contributed by atoms with E-state index in [0.717, 1.165) is 25.6 Å². The lowest BCUT2D eigenvalue weighted by Gasteiger charge is -2.21. The molecule has 0 nitrogen and oxygen atoms in total. The third-order valence-electron chi connectivity index (χ3n) is 4.26. The molecule has 2 aromatic rings. The number of hydrogen-bond donors (Lipinski definition) is 0. The van der Waals surface area contributed by atoms with Gasteiger partial charge in [0.25, 0.3) is 0 Å². The van der Waals surface area contributed by atoms with Crippen molar-refractivity contribution < 1.29 is 0 Å². The van der Waals surface area contributed by atoms with Crippen LogP contribution in [0.4, 0.5) is 0 Å².